The van der Waals surface area contributed by atoms with E-state index in [1.807, 2.05) is 11.4 Å². The number of carboxylic acid groups (broad SMARTS) is 1. The third-order valence-corrected chi connectivity index (χ3v) is 2.92. The molecule has 0 aromatic carbocycles. The SMILES string of the molecule is O=C(O)c1cn[nH]c1CCc1ccsc1. The molecular weight excluding hydrogens is 212 g/mol. The van der Waals surface area contributed by atoms with Crippen LogP contribution in [0.25, 0.3) is 0 Å². The van der Waals surface area contributed by atoms with E-state index in [-0.39, 0.29) is 5.56 Å². The number of H-pyrrole nitrogens is 1. The Morgan fingerprint density at radius 3 is 3.07 bits per heavy atom. The normalized spacial score (nSPS) is 10.4. The molecule has 0 radical (unpaired) electrons. The van der Waals surface area contributed by atoms with Gasteiger partial charge in [0.25, 0.3) is 0 Å². The van der Waals surface area contributed by atoms with Crippen LogP contribution in [0.3, 0.4) is 0 Å². The van der Waals surface area contributed by atoms with Crippen molar-refractivity contribution < 1.29 is 9.90 Å². The van der Waals surface area contributed by atoms with E-state index in [9.17, 15) is 4.79 Å². The highest BCUT2D eigenvalue weighted by molar-refractivity contribution is 7.07. The maximum atomic E-state index is 10.8. The molecule has 0 spiro atoms. The Kier molecular flexibility index (Phi) is 2.82. The summed E-state index contributed by atoms with van der Waals surface area (Å²) in [6, 6.07) is 2.04. The van der Waals surface area contributed by atoms with Crippen molar-refractivity contribution in [2.75, 3.05) is 0 Å². The molecular formula is C10H10N2O2S. The monoisotopic (exact) mass is 222 g/mol. The van der Waals surface area contributed by atoms with E-state index in [0.29, 0.717) is 12.1 Å². The molecule has 0 amide bonds. The van der Waals surface area contributed by atoms with Crippen LogP contribution in [-0.2, 0) is 12.8 Å². The van der Waals surface area contributed by atoms with Crippen molar-refractivity contribution in [3.63, 3.8) is 0 Å². The lowest BCUT2D eigenvalue weighted by atomic mass is 10.1. The number of aromatic nitrogens is 2. The van der Waals surface area contributed by atoms with E-state index >= 15 is 0 Å². The molecule has 0 unspecified atom stereocenters. The van der Waals surface area contributed by atoms with Crippen LogP contribution in [0.4, 0.5) is 0 Å². The summed E-state index contributed by atoms with van der Waals surface area (Å²) in [5.41, 5.74) is 2.19. The molecule has 0 fully saturated rings. The Morgan fingerprint density at radius 1 is 1.53 bits per heavy atom. The standard InChI is InChI=1S/C10H10N2O2S/c13-10(14)8-5-11-12-9(8)2-1-7-3-4-15-6-7/h3-6H,1-2H2,(H,11,12)(H,13,14). The minimum atomic E-state index is -0.927. The van der Waals surface area contributed by atoms with Gasteiger partial charge in [-0.05, 0) is 35.2 Å². The van der Waals surface area contributed by atoms with E-state index in [4.69, 9.17) is 5.11 Å². The Labute approximate surface area is 90.6 Å². The van der Waals surface area contributed by atoms with E-state index in [1.54, 1.807) is 11.3 Å². The smallest absolute Gasteiger partial charge is 0.339 e. The Bertz CT molecular complexity index is 448. The molecule has 15 heavy (non-hydrogen) atoms. The molecule has 0 atom stereocenters. The maximum Gasteiger partial charge on any atom is 0.339 e. The van der Waals surface area contributed by atoms with Gasteiger partial charge in [0.05, 0.1) is 11.9 Å². The van der Waals surface area contributed by atoms with Gasteiger partial charge in [-0.2, -0.15) is 16.4 Å². The number of aromatic carboxylic acids is 1. The van der Waals surface area contributed by atoms with E-state index in [2.05, 4.69) is 15.6 Å². The molecule has 0 saturated carbocycles. The molecule has 2 aromatic rings. The predicted molar refractivity (Wildman–Crippen MR) is 57.3 cm³/mol. The zero-order chi connectivity index (χ0) is 10.7. The van der Waals surface area contributed by atoms with Gasteiger partial charge < -0.3 is 5.11 Å². The zero-order valence-electron chi connectivity index (χ0n) is 7.93. The average Bonchev–Trinajstić information content (AvgIpc) is 2.86. The van der Waals surface area contributed by atoms with Gasteiger partial charge in [0.1, 0.15) is 5.56 Å². The zero-order valence-corrected chi connectivity index (χ0v) is 8.75. The number of aromatic amines is 1. The summed E-state index contributed by atoms with van der Waals surface area (Å²) in [6.45, 7) is 0. The first-order valence-electron chi connectivity index (χ1n) is 4.54. The van der Waals surface area contributed by atoms with Crippen molar-refractivity contribution in [1.82, 2.24) is 10.2 Å². The van der Waals surface area contributed by atoms with Crippen LogP contribution >= 0.6 is 11.3 Å². The largest absolute Gasteiger partial charge is 0.478 e. The van der Waals surface area contributed by atoms with Gasteiger partial charge in [-0.1, -0.05) is 0 Å². The number of carbonyl (C=O) groups is 1. The number of hydrogen-bond acceptors (Lipinski definition) is 3. The van der Waals surface area contributed by atoms with E-state index in [1.165, 1.54) is 11.8 Å². The van der Waals surface area contributed by atoms with Gasteiger partial charge in [-0.15, -0.1) is 0 Å². The molecule has 2 heterocycles. The van der Waals surface area contributed by atoms with Gasteiger partial charge >= 0.3 is 5.97 Å². The summed E-state index contributed by atoms with van der Waals surface area (Å²) in [6.07, 6.45) is 2.87. The number of thiophene rings is 1. The topological polar surface area (TPSA) is 66.0 Å². The van der Waals surface area contributed by atoms with Crippen molar-refractivity contribution in [2.45, 2.75) is 12.8 Å². The highest BCUT2D eigenvalue weighted by Gasteiger charge is 2.11. The number of aryl methyl sites for hydroxylation is 2. The van der Waals surface area contributed by atoms with Gasteiger partial charge in [-0.25, -0.2) is 4.79 Å². The van der Waals surface area contributed by atoms with Crippen LogP contribution in [-0.4, -0.2) is 21.3 Å². The minimum absolute atomic E-state index is 0.269. The molecule has 4 nitrogen and oxygen atoms in total. The minimum Gasteiger partial charge on any atom is -0.478 e. The molecule has 2 rings (SSSR count). The quantitative estimate of drug-likeness (QED) is 0.831. The Hall–Kier alpha value is -1.62. The van der Waals surface area contributed by atoms with Gasteiger partial charge in [0.15, 0.2) is 0 Å². The molecule has 0 aliphatic rings. The number of nitrogens with zero attached hydrogens (tertiary/aromatic N) is 1. The molecule has 78 valence electrons. The van der Waals surface area contributed by atoms with Crippen molar-refractivity contribution in [3.05, 3.63) is 39.8 Å². The fourth-order valence-corrected chi connectivity index (χ4v) is 2.10. The lowest BCUT2D eigenvalue weighted by molar-refractivity contribution is 0.0696. The lowest BCUT2D eigenvalue weighted by Gasteiger charge is -1.97. The molecule has 5 heteroatoms. The molecule has 0 aliphatic heterocycles. The maximum absolute atomic E-state index is 10.8. The van der Waals surface area contributed by atoms with Crippen LogP contribution in [0, 0.1) is 0 Å². The summed E-state index contributed by atoms with van der Waals surface area (Å²) < 4.78 is 0. The molecule has 2 aromatic heterocycles. The molecule has 2 N–H and O–H groups in total. The fraction of sp³-hybridized carbons (Fsp3) is 0.200. The summed E-state index contributed by atoms with van der Waals surface area (Å²) in [4.78, 5) is 10.8. The Morgan fingerprint density at radius 2 is 2.40 bits per heavy atom. The van der Waals surface area contributed by atoms with Crippen LogP contribution in [0.15, 0.2) is 23.0 Å². The summed E-state index contributed by atoms with van der Waals surface area (Å²) >= 11 is 1.65. The first kappa shape index (κ1) is 9.92. The first-order valence-corrected chi connectivity index (χ1v) is 5.48. The summed E-state index contributed by atoms with van der Waals surface area (Å²) in [7, 11) is 0. The van der Waals surface area contributed by atoms with E-state index < -0.39 is 5.97 Å². The predicted octanol–water partition coefficient (Wildman–Crippen LogP) is 1.95. The molecule has 0 bridgehead atoms. The van der Waals surface area contributed by atoms with Crippen molar-refractivity contribution in [2.24, 2.45) is 0 Å². The van der Waals surface area contributed by atoms with Crippen LogP contribution in [0.5, 0.6) is 0 Å². The highest BCUT2D eigenvalue weighted by atomic mass is 32.1. The second-order valence-corrected chi connectivity index (χ2v) is 3.98. The molecule has 0 aliphatic carbocycles. The first-order chi connectivity index (χ1) is 7.27. The van der Waals surface area contributed by atoms with Crippen LogP contribution in [0.1, 0.15) is 21.6 Å². The van der Waals surface area contributed by atoms with Gasteiger partial charge in [0.2, 0.25) is 0 Å². The summed E-state index contributed by atoms with van der Waals surface area (Å²) in [5, 5.41) is 19.4. The number of carboxylic acids is 1. The molecule has 0 saturated heterocycles. The third kappa shape index (κ3) is 2.24. The number of rotatable bonds is 4. The Balaban J connectivity index is 2.05. The van der Waals surface area contributed by atoms with Crippen molar-refractivity contribution in [1.29, 1.82) is 0 Å². The van der Waals surface area contributed by atoms with Gasteiger partial charge in [-0.3, -0.25) is 5.10 Å². The van der Waals surface area contributed by atoms with E-state index in [0.717, 1.165) is 6.42 Å². The second-order valence-electron chi connectivity index (χ2n) is 3.20. The van der Waals surface area contributed by atoms with Crippen molar-refractivity contribution >= 4 is 17.3 Å². The van der Waals surface area contributed by atoms with Gasteiger partial charge in [0, 0.05) is 0 Å². The number of nitrogens with one attached hydrogen (secondary N) is 1. The second kappa shape index (κ2) is 4.27. The van der Waals surface area contributed by atoms with Crippen molar-refractivity contribution in [3.8, 4) is 0 Å². The number of hydrogen-bond donors (Lipinski definition) is 2. The highest BCUT2D eigenvalue weighted by Crippen LogP contribution is 2.12. The van der Waals surface area contributed by atoms with Crippen LogP contribution < -0.4 is 0 Å². The average molecular weight is 222 g/mol. The lowest BCUT2D eigenvalue weighted by Crippen LogP contribution is -2.01. The summed E-state index contributed by atoms with van der Waals surface area (Å²) in [5.74, 6) is -0.927. The third-order valence-electron chi connectivity index (χ3n) is 2.19. The fourth-order valence-electron chi connectivity index (χ4n) is 1.39. The van der Waals surface area contributed by atoms with Crippen LogP contribution in [0.2, 0.25) is 0 Å².